The number of rotatable bonds is 6. The number of nitrogens with zero attached hydrogens (tertiary/aromatic N) is 2. The van der Waals surface area contributed by atoms with Crippen LogP contribution < -0.4 is 20.4 Å². The topological polar surface area (TPSA) is 84.0 Å². The number of hydrogen-bond acceptors (Lipinski definition) is 5. The van der Waals surface area contributed by atoms with Crippen LogP contribution in [-0.4, -0.2) is 17.4 Å². The van der Waals surface area contributed by atoms with Crippen LogP contribution in [0.2, 0.25) is 0 Å². The maximum absolute atomic E-state index is 11.9. The van der Waals surface area contributed by atoms with E-state index in [1.54, 1.807) is 24.2 Å². The van der Waals surface area contributed by atoms with Gasteiger partial charge in [0.1, 0.15) is 5.75 Å². The highest BCUT2D eigenvalue weighted by Gasteiger charge is 2.22. The molecule has 0 atom stereocenters. The first-order valence-corrected chi connectivity index (χ1v) is 7.14. The molecule has 0 aliphatic heterocycles. The number of methoxy groups -OCH3 is 1. The molecule has 23 heavy (non-hydrogen) atoms. The third-order valence-electron chi connectivity index (χ3n) is 3.41. The molecular weight excluding hydrogens is 296 g/mol. The van der Waals surface area contributed by atoms with Crippen molar-refractivity contribution >= 4 is 0 Å². The summed E-state index contributed by atoms with van der Waals surface area (Å²) in [5.74, 6) is 0.747. The average molecular weight is 313 g/mol. The largest absolute Gasteiger partial charge is 0.497 e. The lowest BCUT2D eigenvalue weighted by Gasteiger charge is -2.01. The summed E-state index contributed by atoms with van der Waals surface area (Å²) in [4.78, 5) is 15.9. The lowest BCUT2D eigenvalue weighted by Crippen LogP contribution is -2.40. The summed E-state index contributed by atoms with van der Waals surface area (Å²) in [7, 11) is 1.61. The molecule has 0 unspecified atom stereocenters. The Morgan fingerprint density at radius 2 is 2.09 bits per heavy atom. The number of hydrogen-bond donors (Lipinski definition) is 2. The van der Waals surface area contributed by atoms with Gasteiger partial charge >= 0.3 is 11.3 Å². The summed E-state index contributed by atoms with van der Waals surface area (Å²) >= 11 is 0. The van der Waals surface area contributed by atoms with Crippen molar-refractivity contribution in [3.05, 3.63) is 70.5 Å². The number of nitrogens with one attached hydrogen (secondary N) is 2. The van der Waals surface area contributed by atoms with Crippen LogP contribution in [0.15, 0.2) is 58.1 Å². The molecule has 0 aliphatic rings. The van der Waals surface area contributed by atoms with E-state index in [1.807, 2.05) is 36.4 Å². The van der Waals surface area contributed by atoms with E-state index in [9.17, 15) is 4.79 Å². The molecule has 2 N–H and O–H groups in total. The minimum Gasteiger partial charge on any atom is -0.497 e. The molecule has 3 rings (SSSR count). The van der Waals surface area contributed by atoms with Crippen LogP contribution in [0, 0.1) is 0 Å². The van der Waals surface area contributed by atoms with Crippen molar-refractivity contribution < 1.29 is 13.9 Å². The van der Waals surface area contributed by atoms with Gasteiger partial charge in [0.05, 0.1) is 13.7 Å². The summed E-state index contributed by atoms with van der Waals surface area (Å²) in [6.45, 7) is 0.980. The molecule has 0 radical (unpaired) electrons. The second-order valence-electron chi connectivity index (χ2n) is 4.93. The minimum atomic E-state index is -0.403. The number of ether oxygens (including phenoxy) is 1. The smallest absolute Gasteiger partial charge is 0.431 e. The Morgan fingerprint density at radius 3 is 2.78 bits per heavy atom. The molecule has 0 fully saturated rings. The van der Waals surface area contributed by atoms with Crippen molar-refractivity contribution in [1.82, 2.24) is 15.6 Å². The van der Waals surface area contributed by atoms with Crippen molar-refractivity contribution in [3.63, 3.8) is 0 Å². The Hall–Kier alpha value is -2.93. The van der Waals surface area contributed by atoms with Crippen LogP contribution in [0.5, 0.6) is 5.75 Å². The van der Waals surface area contributed by atoms with Crippen molar-refractivity contribution in [2.24, 2.45) is 0 Å². The predicted octanol–water partition coefficient (Wildman–Crippen LogP) is 0.938. The van der Waals surface area contributed by atoms with E-state index >= 15 is 0 Å². The van der Waals surface area contributed by atoms with Crippen molar-refractivity contribution in [2.75, 3.05) is 7.11 Å². The fraction of sp³-hybridized carbons (Fsp3) is 0.188. The molecule has 7 nitrogen and oxygen atoms in total. The molecule has 3 aromatic rings. The Morgan fingerprint density at radius 1 is 1.26 bits per heavy atom. The Bertz CT molecular complexity index is 809. The van der Waals surface area contributed by atoms with Gasteiger partial charge in [0.2, 0.25) is 5.69 Å². The summed E-state index contributed by atoms with van der Waals surface area (Å²) in [6, 6.07) is 11.2. The molecule has 0 aliphatic carbocycles. The molecule has 0 amide bonds. The molecule has 7 heteroatoms. The second kappa shape index (κ2) is 6.89. The van der Waals surface area contributed by atoms with Gasteiger partial charge in [-0.3, -0.25) is 9.51 Å². The molecule has 1 aromatic carbocycles. The lowest BCUT2D eigenvalue weighted by atomic mass is 10.3. The molecule has 0 bridgehead atoms. The minimum absolute atomic E-state index is 0.368. The van der Waals surface area contributed by atoms with Gasteiger partial charge in [-0.1, -0.05) is 6.07 Å². The Labute approximate surface area is 132 Å². The number of aromatic nitrogens is 3. The highest BCUT2D eigenvalue weighted by molar-refractivity contribution is 5.31. The van der Waals surface area contributed by atoms with Gasteiger partial charge in [-0.05, 0) is 33.7 Å². The normalized spacial score (nSPS) is 10.7. The third kappa shape index (κ3) is 3.46. The quantitative estimate of drug-likeness (QED) is 0.662. The SMILES string of the molecule is COc1ccc(-[n+]2[nH]oc(=O)c2CNCc2cccnc2)cc1. The molecule has 2 heterocycles. The van der Waals surface area contributed by atoms with Crippen LogP contribution in [0.25, 0.3) is 5.69 Å². The predicted molar refractivity (Wildman–Crippen MR) is 82.2 cm³/mol. The monoisotopic (exact) mass is 313 g/mol. The van der Waals surface area contributed by atoms with Crippen molar-refractivity contribution in [2.45, 2.75) is 13.1 Å². The van der Waals surface area contributed by atoms with Gasteiger partial charge in [-0.2, -0.15) is 0 Å². The fourth-order valence-electron chi connectivity index (χ4n) is 2.21. The number of pyridine rings is 1. The summed E-state index contributed by atoms with van der Waals surface area (Å²) < 4.78 is 11.6. The van der Waals surface area contributed by atoms with Gasteiger partial charge in [0.25, 0.3) is 0 Å². The van der Waals surface area contributed by atoms with E-state index in [0.717, 1.165) is 17.0 Å². The van der Waals surface area contributed by atoms with E-state index < -0.39 is 5.63 Å². The van der Waals surface area contributed by atoms with E-state index in [-0.39, 0.29) is 0 Å². The highest BCUT2D eigenvalue weighted by Crippen LogP contribution is 2.10. The number of aromatic amines is 1. The highest BCUT2D eigenvalue weighted by atomic mass is 16.5. The summed E-state index contributed by atoms with van der Waals surface area (Å²) in [5.41, 5.74) is 1.91. The molecule has 118 valence electrons. The first-order valence-electron chi connectivity index (χ1n) is 7.14. The van der Waals surface area contributed by atoms with Gasteiger partial charge in [0.15, 0.2) is 0 Å². The maximum Gasteiger partial charge on any atom is 0.431 e. The fourth-order valence-corrected chi connectivity index (χ4v) is 2.21. The lowest BCUT2D eigenvalue weighted by molar-refractivity contribution is -0.677. The average Bonchev–Trinajstić information content (AvgIpc) is 2.97. The first-order chi connectivity index (χ1) is 11.3. The molecule has 0 saturated carbocycles. The Balaban J connectivity index is 1.74. The second-order valence-corrected chi connectivity index (χ2v) is 4.93. The van der Waals surface area contributed by atoms with E-state index in [1.165, 1.54) is 0 Å². The van der Waals surface area contributed by atoms with Crippen LogP contribution in [-0.2, 0) is 13.1 Å². The van der Waals surface area contributed by atoms with E-state index in [4.69, 9.17) is 9.26 Å². The zero-order valence-corrected chi connectivity index (χ0v) is 12.7. The van der Waals surface area contributed by atoms with Gasteiger partial charge in [0, 0.05) is 31.1 Å². The maximum atomic E-state index is 11.9. The first kappa shape index (κ1) is 15.0. The van der Waals surface area contributed by atoms with Crippen molar-refractivity contribution in [1.29, 1.82) is 0 Å². The van der Waals surface area contributed by atoms with Crippen LogP contribution in [0.3, 0.4) is 0 Å². The third-order valence-corrected chi connectivity index (χ3v) is 3.41. The molecular formula is C16H17N4O3+. The van der Waals surface area contributed by atoms with Crippen molar-refractivity contribution in [3.8, 4) is 11.4 Å². The number of H-pyrrole nitrogens is 1. The van der Waals surface area contributed by atoms with Crippen LogP contribution in [0.4, 0.5) is 0 Å². The number of benzene rings is 1. The standard InChI is InChI=1S/C16H16N4O3/c1-22-14-6-4-13(5-7-14)20-15(16(21)23-19-20)11-18-10-12-3-2-8-17-9-12/h2-9,18H,10-11H2,1H3/p+1. The molecule has 0 spiro atoms. The summed E-state index contributed by atoms with van der Waals surface area (Å²) in [5, 5.41) is 5.82. The summed E-state index contributed by atoms with van der Waals surface area (Å²) in [6.07, 6.45) is 3.51. The Kier molecular flexibility index (Phi) is 4.49. The van der Waals surface area contributed by atoms with E-state index in [0.29, 0.717) is 18.8 Å². The van der Waals surface area contributed by atoms with Gasteiger partial charge in [-0.25, -0.2) is 4.79 Å². The molecule has 0 saturated heterocycles. The van der Waals surface area contributed by atoms with E-state index in [2.05, 4.69) is 15.6 Å². The van der Waals surface area contributed by atoms with Crippen LogP contribution in [0.1, 0.15) is 11.3 Å². The van der Waals surface area contributed by atoms with Gasteiger partial charge in [-0.15, -0.1) is 0 Å². The molecule has 2 aromatic heterocycles. The van der Waals surface area contributed by atoms with Crippen LogP contribution >= 0.6 is 0 Å². The van der Waals surface area contributed by atoms with Gasteiger partial charge < -0.3 is 10.1 Å². The zero-order chi connectivity index (χ0) is 16.1. The zero-order valence-electron chi connectivity index (χ0n) is 12.7.